The molecule has 0 amide bonds. The van der Waals surface area contributed by atoms with Crippen LogP contribution in [0.3, 0.4) is 0 Å². The molecule has 3 rings (SSSR count). The molecular formula is C14H16BrN3O2. The third-order valence-corrected chi connectivity index (χ3v) is 3.82. The molecule has 1 aliphatic rings. The van der Waals surface area contributed by atoms with Crippen molar-refractivity contribution in [1.82, 2.24) is 15.1 Å². The second-order valence-electron chi connectivity index (χ2n) is 4.94. The van der Waals surface area contributed by atoms with Gasteiger partial charge in [-0.15, -0.1) is 10.2 Å². The Bertz CT molecular complexity index is 583. The highest BCUT2D eigenvalue weighted by molar-refractivity contribution is 9.10. The van der Waals surface area contributed by atoms with Gasteiger partial charge in [-0.25, -0.2) is 0 Å². The Morgan fingerprint density at radius 3 is 2.90 bits per heavy atom. The number of aliphatic hydroxyl groups is 1. The van der Waals surface area contributed by atoms with Gasteiger partial charge in [0.1, 0.15) is 0 Å². The molecule has 0 aliphatic heterocycles. The highest BCUT2D eigenvalue weighted by atomic mass is 79.9. The van der Waals surface area contributed by atoms with Gasteiger partial charge in [-0.2, -0.15) is 0 Å². The molecule has 0 atom stereocenters. The van der Waals surface area contributed by atoms with Crippen molar-refractivity contribution < 1.29 is 9.52 Å². The maximum Gasteiger partial charge on any atom is 0.247 e. The predicted molar refractivity (Wildman–Crippen MR) is 78.0 cm³/mol. The van der Waals surface area contributed by atoms with E-state index in [1.54, 1.807) is 0 Å². The summed E-state index contributed by atoms with van der Waals surface area (Å²) in [5.74, 6) is 1.13. The van der Waals surface area contributed by atoms with Crippen LogP contribution in [0, 0.1) is 0 Å². The van der Waals surface area contributed by atoms with Gasteiger partial charge >= 0.3 is 0 Å². The molecule has 1 N–H and O–H groups in total. The van der Waals surface area contributed by atoms with Crippen molar-refractivity contribution in [3.05, 3.63) is 34.6 Å². The van der Waals surface area contributed by atoms with Gasteiger partial charge in [-0.05, 0) is 31.0 Å². The monoisotopic (exact) mass is 337 g/mol. The number of aliphatic hydroxyl groups excluding tert-OH is 1. The van der Waals surface area contributed by atoms with E-state index in [-0.39, 0.29) is 6.61 Å². The van der Waals surface area contributed by atoms with Crippen molar-refractivity contribution in [3.63, 3.8) is 0 Å². The van der Waals surface area contributed by atoms with Crippen molar-refractivity contribution >= 4 is 15.9 Å². The minimum atomic E-state index is 0.156. The Labute approximate surface area is 125 Å². The van der Waals surface area contributed by atoms with Gasteiger partial charge in [-0.1, -0.05) is 22.0 Å². The lowest BCUT2D eigenvalue weighted by Gasteiger charge is -2.17. The van der Waals surface area contributed by atoms with E-state index >= 15 is 0 Å². The number of hydrogen-bond donors (Lipinski definition) is 1. The highest BCUT2D eigenvalue weighted by Crippen LogP contribution is 2.28. The van der Waals surface area contributed by atoms with Crippen LogP contribution in [-0.2, 0) is 6.54 Å². The zero-order chi connectivity index (χ0) is 13.9. The Kier molecular flexibility index (Phi) is 4.14. The average Bonchev–Trinajstić information content (AvgIpc) is 3.18. The van der Waals surface area contributed by atoms with Gasteiger partial charge in [0.05, 0.1) is 13.2 Å². The number of rotatable bonds is 6. The van der Waals surface area contributed by atoms with Crippen LogP contribution in [0.4, 0.5) is 0 Å². The first-order valence-corrected chi connectivity index (χ1v) is 7.49. The van der Waals surface area contributed by atoms with Gasteiger partial charge in [-0.3, -0.25) is 4.90 Å². The summed E-state index contributed by atoms with van der Waals surface area (Å²) in [6.45, 7) is 1.41. The topological polar surface area (TPSA) is 62.4 Å². The molecule has 6 heteroatoms. The van der Waals surface area contributed by atoms with E-state index in [9.17, 15) is 0 Å². The zero-order valence-corrected chi connectivity index (χ0v) is 12.6. The molecule has 5 nitrogen and oxygen atoms in total. The third kappa shape index (κ3) is 3.26. The molecule has 0 spiro atoms. The summed E-state index contributed by atoms with van der Waals surface area (Å²) in [5.41, 5.74) is 0.901. The van der Waals surface area contributed by atoms with Gasteiger partial charge in [0.15, 0.2) is 0 Å². The normalized spacial score (nSPS) is 14.9. The molecule has 0 unspecified atom stereocenters. The van der Waals surface area contributed by atoms with Crippen LogP contribution in [0.2, 0.25) is 0 Å². The second kappa shape index (κ2) is 6.03. The first-order valence-electron chi connectivity index (χ1n) is 6.69. The summed E-state index contributed by atoms with van der Waals surface area (Å²) >= 11 is 3.43. The zero-order valence-electron chi connectivity index (χ0n) is 11.0. The van der Waals surface area contributed by atoms with Crippen molar-refractivity contribution in [2.75, 3.05) is 13.2 Å². The molecule has 2 aromatic rings. The lowest BCUT2D eigenvalue weighted by atomic mass is 10.2. The second-order valence-corrected chi connectivity index (χ2v) is 5.85. The van der Waals surface area contributed by atoms with Crippen molar-refractivity contribution in [1.29, 1.82) is 0 Å². The molecule has 0 radical (unpaired) electrons. The third-order valence-electron chi connectivity index (χ3n) is 3.33. The van der Waals surface area contributed by atoms with E-state index < -0.39 is 0 Å². The number of hydrogen-bond acceptors (Lipinski definition) is 5. The Morgan fingerprint density at radius 2 is 2.20 bits per heavy atom. The van der Waals surface area contributed by atoms with Crippen LogP contribution in [0.1, 0.15) is 18.7 Å². The van der Waals surface area contributed by atoms with Gasteiger partial charge < -0.3 is 9.52 Å². The molecule has 1 aromatic heterocycles. The minimum Gasteiger partial charge on any atom is -0.419 e. The Balaban J connectivity index is 1.73. The first-order chi connectivity index (χ1) is 9.76. The van der Waals surface area contributed by atoms with Crippen LogP contribution in [-0.4, -0.2) is 39.4 Å². The van der Waals surface area contributed by atoms with Gasteiger partial charge in [0, 0.05) is 22.6 Å². The van der Waals surface area contributed by atoms with Crippen molar-refractivity contribution in [3.8, 4) is 11.5 Å². The molecule has 1 aliphatic carbocycles. The van der Waals surface area contributed by atoms with Crippen LogP contribution in [0.25, 0.3) is 11.5 Å². The van der Waals surface area contributed by atoms with E-state index in [2.05, 4.69) is 31.0 Å². The van der Waals surface area contributed by atoms with Crippen LogP contribution in [0.15, 0.2) is 33.2 Å². The number of aromatic nitrogens is 2. The lowest BCUT2D eigenvalue weighted by Crippen LogP contribution is -2.28. The lowest BCUT2D eigenvalue weighted by molar-refractivity contribution is 0.172. The Morgan fingerprint density at radius 1 is 1.35 bits per heavy atom. The van der Waals surface area contributed by atoms with E-state index in [1.807, 2.05) is 24.3 Å². The molecule has 0 bridgehead atoms. The number of halogens is 1. The fraction of sp³-hybridized carbons (Fsp3) is 0.429. The maximum absolute atomic E-state index is 9.09. The highest BCUT2D eigenvalue weighted by Gasteiger charge is 2.29. The summed E-state index contributed by atoms with van der Waals surface area (Å²) in [7, 11) is 0. The maximum atomic E-state index is 9.09. The molecular weight excluding hydrogens is 322 g/mol. The van der Waals surface area contributed by atoms with Gasteiger partial charge in [0.2, 0.25) is 11.8 Å². The summed E-state index contributed by atoms with van der Waals surface area (Å²) in [6, 6.07) is 8.34. The molecule has 0 saturated heterocycles. The average molecular weight is 338 g/mol. The quantitative estimate of drug-likeness (QED) is 0.877. The Hall–Kier alpha value is -1.24. The standard InChI is InChI=1S/C14H16BrN3O2/c15-11-3-1-2-10(8-11)14-17-16-13(20-14)9-18(6-7-19)12-4-5-12/h1-3,8,12,19H,4-7,9H2. The van der Waals surface area contributed by atoms with E-state index in [1.165, 1.54) is 12.8 Å². The largest absolute Gasteiger partial charge is 0.419 e. The number of benzene rings is 1. The minimum absolute atomic E-state index is 0.156. The van der Waals surface area contributed by atoms with E-state index in [0.717, 1.165) is 10.0 Å². The molecule has 106 valence electrons. The molecule has 1 aromatic carbocycles. The molecule has 1 fully saturated rings. The fourth-order valence-corrected chi connectivity index (χ4v) is 2.59. The van der Waals surface area contributed by atoms with Crippen molar-refractivity contribution in [2.45, 2.75) is 25.4 Å². The van der Waals surface area contributed by atoms with Crippen LogP contribution >= 0.6 is 15.9 Å². The SMILES string of the molecule is OCCN(Cc1nnc(-c2cccc(Br)c2)o1)C1CC1. The fourth-order valence-electron chi connectivity index (χ4n) is 2.19. The van der Waals surface area contributed by atoms with Crippen LogP contribution in [0.5, 0.6) is 0 Å². The first kappa shape index (κ1) is 13.7. The van der Waals surface area contributed by atoms with E-state index in [4.69, 9.17) is 9.52 Å². The predicted octanol–water partition coefficient (Wildman–Crippen LogP) is 2.46. The summed E-state index contributed by atoms with van der Waals surface area (Å²) < 4.78 is 6.69. The number of nitrogens with zero attached hydrogens (tertiary/aromatic N) is 3. The summed E-state index contributed by atoms with van der Waals surface area (Å²) in [5, 5.41) is 17.3. The molecule has 1 heterocycles. The molecule has 20 heavy (non-hydrogen) atoms. The van der Waals surface area contributed by atoms with Crippen LogP contribution < -0.4 is 0 Å². The van der Waals surface area contributed by atoms with E-state index in [0.29, 0.717) is 30.9 Å². The smallest absolute Gasteiger partial charge is 0.247 e. The van der Waals surface area contributed by atoms with Gasteiger partial charge in [0.25, 0.3) is 0 Å². The molecule has 1 saturated carbocycles. The van der Waals surface area contributed by atoms with Crippen molar-refractivity contribution in [2.24, 2.45) is 0 Å². The summed E-state index contributed by atoms with van der Waals surface area (Å²) in [4.78, 5) is 2.19. The summed E-state index contributed by atoms with van der Waals surface area (Å²) in [6.07, 6.45) is 2.37.